The molecular formula is C23H21N3O4S. The van der Waals surface area contributed by atoms with Crippen LogP contribution in [0.1, 0.15) is 13.8 Å². The third kappa shape index (κ3) is 5.04. The van der Waals surface area contributed by atoms with E-state index in [2.05, 4.69) is 9.97 Å². The Hall–Kier alpha value is -3.36. The maximum Gasteiger partial charge on any atom is 0.287 e. The van der Waals surface area contributed by atoms with Gasteiger partial charge in [-0.1, -0.05) is 11.8 Å². The Morgan fingerprint density at radius 3 is 2.61 bits per heavy atom. The molecule has 2 heterocycles. The zero-order valence-corrected chi connectivity index (χ0v) is 17.8. The number of phenols is 1. The molecule has 0 fully saturated rings. The monoisotopic (exact) mass is 435 g/mol. The summed E-state index contributed by atoms with van der Waals surface area (Å²) in [6.07, 6.45) is 3.21. The van der Waals surface area contributed by atoms with Gasteiger partial charge in [0, 0.05) is 34.4 Å². The van der Waals surface area contributed by atoms with Crippen molar-refractivity contribution in [3.8, 4) is 17.3 Å². The van der Waals surface area contributed by atoms with Gasteiger partial charge in [0.2, 0.25) is 5.88 Å². The fraction of sp³-hybridized carbons (Fsp3) is 0.174. The predicted octanol–water partition coefficient (Wildman–Crippen LogP) is 3.79. The van der Waals surface area contributed by atoms with Crippen molar-refractivity contribution < 1.29 is 14.9 Å². The molecule has 0 saturated heterocycles. The van der Waals surface area contributed by atoms with Crippen LogP contribution >= 0.6 is 11.8 Å². The molecule has 0 atom stereocenters. The Balaban J connectivity index is 1.62. The van der Waals surface area contributed by atoms with E-state index in [0.29, 0.717) is 16.6 Å². The summed E-state index contributed by atoms with van der Waals surface area (Å²) in [5.74, 6) is 0.595. The molecule has 158 valence electrons. The lowest BCUT2D eigenvalue weighted by Crippen LogP contribution is -2.28. The molecule has 0 unspecified atom stereocenters. The molecule has 0 aliphatic heterocycles. The van der Waals surface area contributed by atoms with Crippen LogP contribution in [0.5, 0.6) is 11.6 Å². The molecule has 0 aliphatic carbocycles. The summed E-state index contributed by atoms with van der Waals surface area (Å²) < 4.78 is 7.08. The van der Waals surface area contributed by atoms with Gasteiger partial charge in [0.25, 0.3) is 5.56 Å². The molecule has 8 heteroatoms. The standard InChI is InChI=1S/C23H21N3O4S/c1-23(2,29)14-30-20-10-3-15-13-16(4-9-19(15)25-20)26-12-11-24-21(22(26)28)31-18-7-5-17(27)6-8-18/h3-13,27,29H,14H2,1-2H3. The second kappa shape index (κ2) is 8.41. The van der Waals surface area contributed by atoms with Gasteiger partial charge in [-0.2, -0.15) is 0 Å². The normalized spacial score (nSPS) is 11.6. The summed E-state index contributed by atoms with van der Waals surface area (Å²) in [6.45, 7) is 3.47. The van der Waals surface area contributed by atoms with Crippen molar-refractivity contribution in [3.63, 3.8) is 0 Å². The Morgan fingerprint density at radius 1 is 1.10 bits per heavy atom. The van der Waals surface area contributed by atoms with E-state index in [0.717, 1.165) is 15.8 Å². The van der Waals surface area contributed by atoms with Crippen LogP contribution in [0.15, 0.2) is 81.7 Å². The van der Waals surface area contributed by atoms with Crippen LogP contribution in [0.2, 0.25) is 0 Å². The van der Waals surface area contributed by atoms with Crippen molar-refractivity contribution >= 4 is 22.7 Å². The van der Waals surface area contributed by atoms with E-state index in [1.54, 1.807) is 56.6 Å². The van der Waals surface area contributed by atoms with E-state index < -0.39 is 5.60 Å². The molecular weight excluding hydrogens is 414 g/mol. The van der Waals surface area contributed by atoms with E-state index in [-0.39, 0.29) is 17.9 Å². The molecule has 2 aromatic heterocycles. The average molecular weight is 436 g/mol. The predicted molar refractivity (Wildman–Crippen MR) is 119 cm³/mol. The van der Waals surface area contributed by atoms with Crippen LogP contribution in [0.25, 0.3) is 16.6 Å². The summed E-state index contributed by atoms with van der Waals surface area (Å²) in [4.78, 5) is 22.5. The number of phenolic OH excluding ortho intramolecular Hbond substituents is 1. The van der Waals surface area contributed by atoms with Crippen LogP contribution in [-0.2, 0) is 0 Å². The molecule has 0 spiro atoms. The minimum absolute atomic E-state index is 0.136. The van der Waals surface area contributed by atoms with Gasteiger partial charge in [0.05, 0.1) is 11.1 Å². The van der Waals surface area contributed by atoms with Crippen molar-refractivity contribution in [1.29, 1.82) is 0 Å². The van der Waals surface area contributed by atoms with Gasteiger partial charge >= 0.3 is 0 Å². The Morgan fingerprint density at radius 2 is 1.87 bits per heavy atom. The van der Waals surface area contributed by atoms with Crippen LogP contribution in [0, 0.1) is 0 Å². The van der Waals surface area contributed by atoms with Crippen molar-refractivity contribution in [2.75, 3.05) is 6.61 Å². The smallest absolute Gasteiger partial charge is 0.287 e. The Kier molecular flexibility index (Phi) is 5.67. The number of benzene rings is 2. The molecule has 0 radical (unpaired) electrons. The zero-order chi connectivity index (χ0) is 22.0. The fourth-order valence-corrected chi connectivity index (χ4v) is 3.66. The maximum absolute atomic E-state index is 13.0. The molecule has 2 aromatic carbocycles. The SMILES string of the molecule is CC(C)(O)COc1ccc2cc(-n3ccnc(Sc4ccc(O)cc4)c3=O)ccc2n1. The highest BCUT2D eigenvalue weighted by molar-refractivity contribution is 7.99. The number of rotatable bonds is 6. The third-order valence-corrected chi connectivity index (χ3v) is 5.34. The number of fused-ring (bicyclic) bond motifs is 1. The van der Waals surface area contributed by atoms with Gasteiger partial charge < -0.3 is 14.9 Å². The first-order valence-corrected chi connectivity index (χ1v) is 10.4. The minimum Gasteiger partial charge on any atom is -0.508 e. The van der Waals surface area contributed by atoms with E-state index >= 15 is 0 Å². The number of aliphatic hydroxyl groups is 1. The average Bonchev–Trinajstić information content (AvgIpc) is 2.74. The van der Waals surface area contributed by atoms with Gasteiger partial charge in [-0.05, 0) is 62.4 Å². The molecule has 0 amide bonds. The van der Waals surface area contributed by atoms with Gasteiger partial charge in [-0.15, -0.1) is 0 Å². The number of ether oxygens (including phenoxy) is 1. The van der Waals surface area contributed by atoms with E-state index in [1.165, 1.54) is 16.3 Å². The van der Waals surface area contributed by atoms with Crippen molar-refractivity contribution in [2.24, 2.45) is 0 Å². The van der Waals surface area contributed by atoms with Crippen molar-refractivity contribution in [3.05, 3.63) is 77.3 Å². The van der Waals surface area contributed by atoms with E-state index in [4.69, 9.17) is 4.74 Å². The first-order valence-electron chi connectivity index (χ1n) is 9.59. The molecule has 7 nitrogen and oxygen atoms in total. The number of aromatic nitrogens is 3. The third-order valence-electron chi connectivity index (χ3n) is 4.36. The first-order chi connectivity index (χ1) is 14.8. The van der Waals surface area contributed by atoms with Crippen LogP contribution in [0.4, 0.5) is 0 Å². The minimum atomic E-state index is -0.946. The molecule has 0 saturated carbocycles. The zero-order valence-electron chi connectivity index (χ0n) is 17.0. The van der Waals surface area contributed by atoms with Crippen LogP contribution in [-0.4, -0.2) is 37.0 Å². The summed E-state index contributed by atoms with van der Waals surface area (Å²) in [5, 5.41) is 20.4. The highest BCUT2D eigenvalue weighted by Crippen LogP contribution is 2.26. The molecule has 4 rings (SSSR count). The van der Waals surface area contributed by atoms with E-state index in [9.17, 15) is 15.0 Å². The number of pyridine rings is 1. The number of hydrogen-bond acceptors (Lipinski definition) is 7. The van der Waals surface area contributed by atoms with E-state index in [1.807, 2.05) is 24.3 Å². The lowest BCUT2D eigenvalue weighted by molar-refractivity contribution is 0.0269. The second-order valence-electron chi connectivity index (χ2n) is 7.63. The molecule has 2 N–H and O–H groups in total. The molecule has 0 bridgehead atoms. The van der Waals surface area contributed by atoms with Crippen molar-refractivity contribution in [1.82, 2.24) is 14.5 Å². The number of aromatic hydroxyl groups is 1. The number of hydrogen-bond donors (Lipinski definition) is 2. The summed E-state index contributed by atoms with van der Waals surface area (Å²) >= 11 is 1.24. The number of nitrogens with zero attached hydrogens (tertiary/aromatic N) is 3. The van der Waals surface area contributed by atoms with Gasteiger partial charge in [-0.25, -0.2) is 9.97 Å². The summed E-state index contributed by atoms with van der Waals surface area (Å²) in [6, 6.07) is 15.7. The van der Waals surface area contributed by atoms with Crippen molar-refractivity contribution in [2.45, 2.75) is 29.4 Å². The molecule has 0 aliphatic rings. The second-order valence-corrected chi connectivity index (χ2v) is 8.69. The summed E-state index contributed by atoms with van der Waals surface area (Å²) in [7, 11) is 0. The Labute approximate surface area is 183 Å². The fourth-order valence-electron chi connectivity index (χ4n) is 2.87. The van der Waals surface area contributed by atoms with Gasteiger partial charge in [-0.3, -0.25) is 9.36 Å². The highest BCUT2D eigenvalue weighted by Gasteiger charge is 2.14. The van der Waals surface area contributed by atoms with Gasteiger partial charge in [0.15, 0.2) is 5.03 Å². The maximum atomic E-state index is 13.0. The highest BCUT2D eigenvalue weighted by atomic mass is 32.2. The van der Waals surface area contributed by atoms with Gasteiger partial charge in [0.1, 0.15) is 12.4 Å². The molecule has 31 heavy (non-hydrogen) atoms. The topological polar surface area (TPSA) is 97.5 Å². The quantitative estimate of drug-likeness (QED) is 0.476. The molecule has 4 aromatic rings. The largest absolute Gasteiger partial charge is 0.508 e. The van der Waals surface area contributed by atoms with Crippen LogP contribution < -0.4 is 10.3 Å². The van der Waals surface area contributed by atoms with Crippen LogP contribution in [0.3, 0.4) is 0 Å². The first kappa shape index (κ1) is 20.9. The summed E-state index contributed by atoms with van der Waals surface area (Å²) in [5.41, 5.74) is 0.231. The lowest BCUT2D eigenvalue weighted by atomic mass is 10.2. The Bertz CT molecular complexity index is 1280. The lowest BCUT2D eigenvalue weighted by Gasteiger charge is -2.17.